The fourth-order valence-corrected chi connectivity index (χ4v) is 4.11. The minimum absolute atomic E-state index is 0. The van der Waals surface area contributed by atoms with Gasteiger partial charge in [-0.15, -0.1) is 0 Å². The molecule has 1 aromatic rings. The Morgan fingerprint density at radius 1 is 1.03 bits per heavy atom. The van der Waals surface area contributed by atoms with Crippen molar-refractivity contribution in [3.05, 3.63) is 23.8 Å². The number of hydrogen-bond donors (Lipinski definition) is 2. The van der Waals surface area contributed by atoms with E-state index >= 15 is 0 Å². The maximum absolute atomic E-state index is 12.2. The van der Waals surface area contributed by atoms with Gasteiger partial charge in [0.25, 0.3) is 0 Å². The number of carboxylic acids is 1. The zero-order valence-electron chi connectivity index (χ0n) is 21.1. The molecule has 0 aliphatic carbocycles. The van der Waals surface area contributed by atoms with Crippen molar-refractivity contribution in [3.63, 3.8) is 0 Å². The molecule has 34 heavy (non-hydrogen) atoms. The highest BCUT2D eigenvalue weighted by Crippen LogP contribution is 2.45. The van der Waals surface area contributed by atoms with Crippen LogP contribution in [0.2, 0.25) is 0 Å². The molecule has 0 heterocycles. The molecule has 0 saturated carbocycles. The highest BCUT2D eigenvalue weighted by molar-refractivity contribution is 7.47. The van der Waals surface area contributed by atoms with Crippen LogP contribution in [0.1, 0.15) is 51.0 Å². The standard InChI is InChI=1S/C23H40NO8P.H2O/c1-6-7-8-14-29-21-12-11-13-22(19(21)2)30-15-9-10-16-31-33(27,28)32-20(17-23(25)26)18-24(3,4)5;/h11-13,20H,6-10,14-18H2,1-5H3,(H-,25,26,27,28);1H2. The first kappa shape index (κ1) is 32.3. The van der Waals surface area contributed by atoms with Gasteiger partial charge in [0.15, 0.2) is 0 Å². The largest absolute Gasteiger partial charge is 0.870 e. The smallest absolute Gasteiger partial charge is 0.472 e. The Bertz CT molecular complexity index is 767. The first-order chi connectivity index (χ1) is 15.4. The van der Waals surface area contributed by atoms with E-state index in [0.717, 1.165) is 36.3 Å². The summed E-state index contributed by atoms with van der Waals surface area (Å²) in [4.78, 5) is 21.0. The van der Waals surface area contributed by atoms with E-state index in [9.17, 15) is 14.3 Å². The number of likely N-dealkylation sites (N-methyl/N-ethyl adjacent to an activating group) is 1. The van der Waals surface area contributed by atoms with E-state index in [-0.39, 0.29) is 25.0 Å². The van der Waals surface area contributed by atoms with Crippen LogP contribution in [0.3, 0.4) is 0 Å². The number of carboxylic acid groups (broad SMARTS) is 1. The van der Waals surface area contributed by atoms with E-state index in [0.29, 0.717) is 30.5 Å². The first-order valence-corrected chi connectivity index (χ1v) is 13.0. The number of unbranched alkanes of at least 4 members (excludes halogenated alkanes) is 3. The zero-order valence-corrected chi connectivity index (χ0v) is 22.0. The number of ether oxygens (including phenoxy) is 2. The molecule has 0 fully saturated rings. The molecule has 1 rings (SSSR count). The molecule has 0 radical (unpaired) electrons. The van der Waals surface area contributed by atoms with Crippen LogP contribution >= 0.6 is 7.82 Å². The van der Waals surface area contributed by atoms with Gasteiger partial charge < -0.3 is 29.4 Å². The van der Waals surface area contributed by atoms with Gasteiger partial charge in [-0.1, -0.05) is 25.8 Å². The van der Waals surface area contributed by atoms with Crippen LogP contribution in [0.4, 0.5) is 0 Å². The minimum Gasteiger partial charge on any atom is -0.870 e. The Morgan fingerprint density at radius 3 is 2.06 bits per heavy atom. The molecule has 0 amide bonds. The van der Waals surface area contributed by atoms with Crippen LogP contribution in [0.15, 0.2) is 18.2 Å². The molecule has 0 spiro atoms. The number of nitrogens with zero attached hydrogens (tertiary/aromatic N) is 1. The maximum atomic E-state index is 12.2. The number of phosphoric ester groups is 1. The van der Waals surface area contributed by atoms with Gasteiger partial charge in [0.05, 0.1) is 47.4 Å². The summed E-state index contributed by atoms with van der Waals surface area (Å²) in [6.45, 7) is 5.47. The van der Waals surface area contributed by atoms with E-state index in [2.05, 4.69) is 6.92 Å². The molecule has 0 aliphatic heterocycles. The van der Waals surface area contributed by atoms with E-state index in [4.69, 9.17) is 23.6 Å². The number of quaternary nitrogens is 1. The van der Waals surface area contributed by atoms with Crippen LogP contribution in [0.5, 0.6) is 11.5 Å². The highest BCUT2D eigenvalue weighted by Gasteiger charge is 2.31. The summed E-state index contributed by atoms with van der Waals surface area (Å²) in [5, 5.41) is 9.02. The van der Waals surface area contributed by atoms with Crippen molar-refractivity contribution in [1.29, 1.82) is 0 Å². The summed E-state index contributed by atoms with van der Waals surface area (Å²) in [5.41, 5.74) is 0.945. The summed E-state index contributed by atoms with van der Waals surface area (Å²) in [6.07, 6.45) is 3.09. The van der Waals surface area contributed by atoms with Crippen molar-refractivity contribution >= 4 is 13.8 Å². The second-order valence-electron chi connectivity index (χ2n) is 9.09. The molecule has 198 valence electrons. The molecule has 0 bridgehead atoms. The first-order valence-electron chi connectivity index (χ1n) is 11.5. The maximum Gasteiger partial charge on any atom is 0.472 e. The lowest BCUT2D eigenvalue weighted by Gasteiger charge is -2.29. The predicted molar refractivity (Wildman–Crippen MR) is 129 cm³/mol. The van der Waals surface area contributed by atoms with Crippen molar-refractivity contribution in [2.75, 3.05) is 47.5 Å². The van der Waals surface area contributed by atoms with Crippen molar-refractivity contribution in [3.8, 4) is 11.5 Å². The second-order valence-corrected chi connectivity index (χ2v) is 10.5. The van der Waals surface area contributed by atoms with Gasteiger partial charge in [-0.05, 0) is 38.3 Å². The van der Waals surface area contributed by atoms with E-state index < -0.39 is 19.9 Å². The normalized spacial score (nSPS) is 14.1. The number of rotatable bonds is 18. The number of benzene rings is 1. The Kier molecular flexibility index (Phi) is 15.3. The molecule has 1 aromatic carbocycles. The van der Waals surface area contributed by atoms with Gasteiger partial charge in [0.2, 0.25) is 0 Å². The van der Waals surface area contributed by atoms with E-state index in [1.807, 2.05) is 46.3 Å². The topological polar surface area (TPSA) is 142 Å². The fourth-order valence-electron chi connectivity index (χ4n) is 3.17. The Balaban J connectivity index is 0.0000109. The fraction of sp³-hybridized carbons (Fsp3) is 0.696. The molecule has 11 heteroatoms. The molecule has 10 nitrogen and oxygen atoms in total. The average Bonchev–Trinajstić information content (AvgIpc) is 2.67. The molecule has 0 aliphatic rings. The average molecular weight is 508 g/mol. The van der Waals surface area contributed by atoms with Crippen LogP contribution < -0.4 is 9.47 Å². The van der Waals surface area contributed by atoms with Crippen molar-refractivity contribution in [2.24, 2.45) is 0 Å². The number of hydrogen-bond acceptors (Lipinski definition) is 7. The Morgan fingerprint density at radius 2 is 1.56 bits per heavy atom. The molecule has 3 N–H and O–H groups in total. The number of aliphatic carboxylic acids is 1. The number of carbonyl (C=O) groups is 1. The Labute approximate surface area is 203 Å². The molecule has 0 aromatic heterocycles. The van der Waals surface area contributed by atoms with Gasteiger partial charge in [-0.2, -0.15) is 0 Å². The summed E-state index contributed by atoms with van der Waals surface area (Å²) < 4.78 is 34.4. The summed E-state index contributed by atoms with van der Waals surface area (Å²) in [6, 6.07) is 5.71. The van der Waals surface area contributed by atoms with Crippen molar-refractivity contribution in [1.82, 2.24) is 0 Å². The van der Waals surface area contributed by atoms with Crippen molar-refractivity contribution < 1.29 is 47.8 Å². The third-order valence-corrected chi connectivity index (χ3v) is 5.80. The highest BCUT2D eigenvalue weighted by atomic mass is 31.2. The summed E-state index contributed by atoms with van der Waals surface area (Å²) in [7, 11) is 1.18. The quantitative estimate of drug-likeness (QED) is 0.170. The lowest BCUT2D eigenvalue weighted by molar-refractivity contribution is -0.873. The molecule has 0 saturated heterocycles. The minimum atomic E-state index is -4.36. The third-order valence-electron chi connectivity index (χ3n) is 4.73. The molecule has 2 atom stereocenters. The summed E-state index contributed by atoms with van der Waals surface area (Å²) >= 11 is 0. The van der Waals surface area contributed by atoms with Crippen LogP contribution in [-0.4, -0.2) is 79.5 Å². The van der Waals surface area contributed by atoms with Crippen LogP contribution in [0.25, 0.3) is 0 Å². The molecular weight excluding hydrogens is 465 g/mol. The van der Waals surface area contributed by atoms with Crippen LogP contribution in [0, 0.1) is 6.92 Å². The SMILES string of the molecule is CCCCCOc1cccc(OCCCCOP(=O)(O)OC(CC(=O)O)C[N+](C)(C)C)c1C.[OH-]. The van der Waals surface area contributed by atoms with Gasteiger partial charge >= 0.3 is 13.8 Å². The van der Waals surface area contributed by atoms with Crippen molar-refractivity contribution in [2.45, 2.75) is 58.5 Å². The van der Waals surface area contributed by atoms with Gasteiger partial charge in [0, 0.05) is 5.56 Å². The molecular formula is C23H42NO9P. The predicted octanol–water partition coefficient (Wildman–Crippen LogP) is 4.23. The van der Waals surface area contributed by atoms with Crippen LogP contribution in [-0.2, 0) is 18.4 Å². The number of phosphoric acid groups is 1. The Hall–Kier alpha value is -1.68. The van der Waals surface area contributed by atoms with Gasteiger partial charge in [-0.25, -0.2) is 4.57 Å². The van der Waals surface area contributed by atoms with Gasteiger partial charge in [0.1, 0.15) is 24.1 Å². The zero-order chi connectivity index (χ0) is 24.9. The molecule has 2 unspecified atom stereocenters. The van der Waals surface area contributed by atoms with E-state index in [1.54, 1.807) is 0 Å². The second kappa shape index (κ2) is 16.1. The lowest BCUT2D eigenvalue weighted by atomic mass is 10.2. The lowest BCUT2D eigenvalue weighted by Crippen LogP contribution is -2.42. The van der Waals surface area contributed by atoms with E-state index in [1.165, 1.54) is 0 Å². The third kappa shape index (κ3) is 14.6. The monoisotopic (exact) mass is 507 g/mol. The van der Waals surface area contributed by atoms with Gasteiger partial charge in [-0.3, -0.25) is 13.8 Å². The summed E-state index contributed by atoms with van der Waals surface area (Å²) in [5.74, 6) is 0.461.